The van der Waals surface area contributed by atoms with Crippen molar-refractivity contribution >= 4 is 11.9 Å². The number of carbonyl (C=O) groups is 2. The number of aliphatic carboxylic acids is 1. The van der Waals surface area contributed by atoms with Crippen molar-refractivity contribution in [1.82, 2.24) is 19.6 Å². The summed E-state index contributed by atoms with van der Waals surface area (Å²) in [4.78, 5) is 26.6. The maximum Gasteiger partial charge on any atom is 0.304 e. The minimum absolute atomic E-state index is 0.0158. The Labute approximate surface area is 111 Å². The standard InChI is InChI=1S/C12H18N4O3/c1-14-10(2-4-13-14)12(19)16-8-6-15(7-9-16)5-3-11(17)18/h2,4H,3,5-9H2,1H3,(H,17,18). The summed E-state index contributed by atoms with van der Waals surface area (Å²) in [5.41, 5.74) is 0.582. The molecule has 104 valence electrons. The number of piperazine rings is 1. The van der Waals surface area contributed by atoms with Crippen LogP contribution in [0, 0.1) is 0 Å². The van der Waals surface area contributed by atoms with Crippen LogP contribution in [-0.2, 0) is 11.8 Å². The molecule has 1 amide bonds. The van der Waals surface area contributed by atoms with E-state index in [1.165, 1.54) is 0 Å². The predicted molar refractivity (Wildman–Crippen MR) is 67.8 cm³/mol. The van der Waals surface area contributed by atoms with Gasteiger partial charge in [0.15, 0.2) is 0 Å². The summed E-state index contributed by atoms with van der Waals surface area (Å²) in [5, 5.41) is 12.6. The van der Waals surface area contributed by atoms with Crippen LogP contribution in [0.15, 0.2) is 12.3 Å². The fourth-order valence-electron chi connectivity index (χ4n) is 2.17. The van der Waals surface area contributed by atoms with Gasteiger partial charge in [-0.15, -0.1) is 0 Å². The Bertz CT molecular complexity index is 463. The van der Waals surface area contributed by atoms with Gasteiger partial charge >= 0.3 is 5.97 Å². The molecule has 0 aromatic carbocycles. The molecule has 0 radical (unpaired) electrons. The molecule has 19 heavy (non-hydrogen) atoms. The van der Waals surface area contributed by atoms with Crippen molar-refractivity contribution in [3.63, 3.8) is 0 Å². The van der Waals surface area contributed by atoms with Crippen molar-refractivity contribution < 1.29 is 14.7 Å². The number of hydrogen-bond donors (Lipinski definition) is 1. The quantitative estimate of drug-likeness (QED) is 0.806. The molecular weight excluding hydrogens is 248 g/mol. The summed E-state index contributed by atoms with van der Waals surface area (Å²) in [6.07, 6.45) is 1.76. The van der Waals surface area contributed by atoms with Crippen molar-refractivity contribution in [3.8, 4) is 0 Å². The molecule has 2 rings (SSSR count). The molecule has 7 heteroatoms. The number of nitrogens with zero attached hydrogens (tertiary/aromatic N) is 4. The minimum Gasteiger partial charge on any atom is -0.481 e. The SMILES string of the molecule is Cn1nccc1C(=O)N1CCN(CCC(=O)O)CC1. The second-order valence-electron chi connectivity index (χ2n) is 4.62. The molecule has 7 nitrogen and oxygen atoms in total. The Morgan fingerprint density at radius 1 is 1.32 bits per heavy atom. The lowest BCUT2D eigenvalue weighted by Crippen LogP contribution is -2.49. The first kappa shape index (κ1) is 13.5. The number of amides is 1. The summed E-state index contributed by atoms with van der Waals surface area (Å²) in [6.45, 7) is 3.24. The maximum atomic E-state index is 12.2. The molecule has 1 N–H and O–H groups in total. The molecule has 2 heterocycles. The molecule has 0 unspecified atom stereocenters. The average Bonchev–Trinajstić information content (AvgIpc) is 2.82. The summed E-state index contributed by atoms with van der Waals surface area (Å²) in [6, 6.07) is 1.71. The van der Waals surface area contributed by atoms with E-state index in [9.17, 15) is 9.59 Å². The zero-order valence-corrected chi connectivity index (χ0v) is 10.9. The van der Waals surface area contributed by atoms with Gasteiger partial charge in [-0.2, -0.15) is 5.10 Å². The fourth-order valence-corrected chi connectivity index (χ4v) is 2.17. The first-order valence-corrected chi connectivity index (χ1v) is 6.29. The molecule has 0 atom stereocenters. The zero-order chi connectivity index (χ0) is 13.8. The highest BCUT2D eigenvalue weighted by molar-refractivity contribution is 5.92. The summed E-state index contributed by atoms with van der Waals surface area (Å²) < 4.78 is 1.57. The first-order chi connectivity index (χ1) is 9.08. The van der Waals surface area contributed by atoms with Crippen molar-refractivity contribution in [1.29, 1.82) is 0 Å². The number of carboxylic acid groups (broad SMARTS) is 1. The van der Waals surface area contributed by atoms with Gasteiger partial charge in [-0.3, -0.25) is 19.2 Å². The largest absolute Gasteiger partial charge is 0.481 e. The van der Waals surface area contributed by atoms with Crippen LogP contribution in [0.25, 0.3) is 0 Å². The van der Waals surface area contributed by atoms with E-state index < -0.39 is 5.97 Å². The Morgan fingerprint density at radius 3 is 2.53 bits per heavy atom. The monoisotopic (exact) mass is 266 g/mol. The highest BCUT2D eigenvalue weighted by Gasteiger charge is 2.23. The molecule has 0 aliphatic carbocycles. The van der Waals surface area contributed by atoms with Crippen LogP contribution in [0.3, 0.4) is 0 Å². The van der Waals surface area contributed by atoms with Gasteiger partial charge in [0.1, 0.15) is 5.69 Å². The van der Waals surface area contributed by atoms with Crippen LogP contribution in [-0.4, -0.2) is 69.3 Å². The zero-order valence-electron chi connectivity index (χ0n) is 10.9. The molecule has 1 saturated heterocycles. The third-order valence-corrected chi connectivity index (χ3v) is 3.34. The van der Waals surface area contributed by atoms with Crippen LogP contribution in [0.2, 0.25) is 0 Å². The second kappa shape index (κ2) is 5.83. The van der Waals surface area contributed by atoms with Crippen molar-refractivity contribution in [2.45, 2.75) is 6.42 Å². The van der Waals surface area contributed by atoms with E-state index in [0.29, 0.717) is 25.3 Å². The van der Waals surface area contributed by atoms with Gasteiger partial charge in [0.2, 0.25) is 0 Å². The molecule has 1 aliphatic heterocycles. The number of carboxylic acids is 1. The topological polar surface area (TPSA) is 78.7 Å². The second-order valence-corrected chi connectivity index (χ2v) is 4.62. The van der Waals surface area contributed by atoms with E-state index in [2.05, 4.69) is 10.00 Å². The number of rotatable bonds is 4. The summed E-state index contributed by atoms with van der Waals surface area (Å²) in [5.74, 6) is -0.800. The smallest absolute Gasteiger partial charge is 0.304 e. The Kier molecular flexibility index (Phi) is 4.16. The van der Waals surface area contributed by atoms with Crippen LogP contribution in [0.1, 0.15) is 16.9 Å². The van der Waals surface area contributed by atoms with Gasteiger partial charge in [0, 0.05) is 46.0 Å². The third kappa shape index (κ3) is 3.31. The molecule has 1 aromatic rings. The Hall–Kier alpha value is -1.89. The van der Waals surface area contributed by atoms with E-state index in [1.54, 1.807) is 28.9 Å². The normalized spacial score (nSPS) is 16.6. The van der Waals surface area contributed by atoms with Crippen molar-refractivity contribution in [2.75, 3.05) is 32.7 Å². The lowest BCUT2D eigenvalue weighted by molar-refractivity contribution is -0.137. The number of carbonyl (C=O) groups excluding carboxylic acids is 1. The highest BCUT2D eigenvalue weighted by Crippen LogP contribution is 2.08. The van der Waals surface area contributed by atoms with Crippen LogP contribution in [0.4, 0.5) is 0 Å². The van der Waals surface area contributed by atoms with Crippen LogP contribution in [0.5, 0.6) is 0 Å². The molecule has 1 aromatic heterocycles. The van der Waals surface area contributed by atoms with Gasteiger partial charge in [0.05, 0.1) is 6.42 Å². The molecular formula is C12H18N4O3. The van der Waals surface area contributed by atoms with Gasteiger partial charge in [-0.1, -0.05) is 0 Å². The lowest BCUT2D eigenvalue weighted by atomic mass is 10.2. The van der Waals surface area contributed by atoms with Crippen LogP contribution >= 0.6 is 0 Å². The van der Waals surface area contributed by atoms with E-state index in [0.717, 1.165) is 13.1 Å². The lowest BCUT2D eigenvalue weighted by Gasteiger charge is -2.34. The van der Waals surface area contributed by atoms with E-state index in [-0.39, 0.29) is 12.3 Å². The molecule has 0 saturated carbocycles. The summed E-state index contributed by atoms with van der Waals surface area (Å²) in [7, 11) is 1.75. The maximum absolute atomic E-state index is 12.2. The number of aryl methyl sites for hydroxylation is 1. The number of aromatic nitrogens is 2. The van der Waals surface area contributed by atoms with Crippen molar-refractivity contribution in [2.24, 2.45) is 7.05 Å². The minimum atomic E-state index is -0.784. The van der Waals surface area contributed by atoms with Gasteiger partial charge in [0.25, 0.3) is 5.91 Å². The molecule has 0 bridgehead atoms. The average molecular weight is 266 g/mol. The fraction of sp³-hybridized carbons (Fsp3) is 0.583. The van der Waals surface area contributed by atoms with Gasteiger partial charge in [-0.05, 0) is 6.07 Å². The van der Waals surface area contributed by atoms with Gasteiger partial charge < -0.3 is 10.0 Å². The number of hydrogen-bond acceptors (Lipinski definition) is 4. The van der Waals surface area contributed by atoms with Crippen molar-refractivity contribution in [3.05, 3.63) is 18.0 Å². The summed E-state index contributed by atoms with van der Waals surface area (Å²) >= 11 is 0. The van der Waals surface area contributed by atoms with Crippen LogP contribution < -0.4 is 0 Å². The van der Waals surface area contributed by atoms with Gasteiger partial charge in [-0.25, -0.2) is 0 Å². The van der Waals surface area contributed by atoms with E-state index >= 15 is 0 Å². The van der Waals surface area contributed by atoms with E-state index in [1.807, 2.05) is 0 Å². The highest BCUT2D eigenvalue weighted by atomic mass is 16.4. The first-order valence-electron chi connectivity index (χ1n) is 6.29. The molecule has 1 fully saturated rings. The Morgan fingerprint density at radius 2 is 2.00 bits per heavy atom. The molecule has 0 spiro atoms. The predicted octanol–water partition coefficient (Wildman–Crippen LogP) is -0.347. The molecule has 1 aliphatic rings. The third-order valence-electron chi connectivity index (χ3n) is 3.34. The van der Waals surface area contributed by atoms with E-state index in [4.69, 9.17) is 5.11 Å². The Balaban J connectivity index is 1.85.